The van der Waals surface area contributed by atoms with Crippen LogP contribution in [0.4, 0.5) is 0 Å². The molecule has 1 atom stereocenters. The van der Waals surface area contributed by atoms with Crippen molar-refractivity contribution in [3.63, 3.8) is 0 Å². The average molecular weight is 266 g/mol. The Morgan fingerprint density at radius 1 is 1.47 bits per heavy atom. The first-order valence-electron chi connectivity index (χ1n) is 5.66. The Morgan fingerprint density at radius 2 is 2.41 bits per heavy atom. The number of aryl methyl sites for hydroxylation is 1. The molecule has 2 aromatic heterocycles. The van der Waals surface area contributed by atoms with Gasteiger partial charge in [0, 0.05) is 23.4 Å². The lowest BCUT2D eigenvalue weighted by molar-refractivity contribution is 0.545. The topological polar surface area (TPSA) is 38.1 Å². The molecule has 0 aromatic carbocycles. The monoisotopic (exact) mass is 266 g/mol. The van der Waals surface area contributed by atoms with Crippen molar-refractivity contribution in [1.82, 2.24) is 10.3 Å². The van der Waals surface area contributed by atoms with E-state index in [9.17, 15) is 0 Å². The Morgan fingerprint density at radius 3 is 3.12 bits per heavy atom. The van der Waals surface area contributed by atoms with E-state index in [0.29, 0.717) is 6.04 Å². The number of thiazole rings is 1. The molecule has 1 N–H and O–H groups in total. The molecule has 3 rings (SSSR count). The summed E-state index contributed by atoms with van der Waals surface area (Å²) >= 11 is 3.70. The number of furan rings is 1. The predicted octanol–water partition coefficient (Wildman–Crippen LogP) is 3.09. The standard InChI is InChI=1S/C12H14N2OS2/c1-8-2-3-11(15-8)9-7-17-12(14-9)10-6-16-5-4-13-10/h2-3,7,10,13H,4-6H2,1H3. The third-order valence-corrected chi connectivity index (χ3v) is 4.75. The highest BCUT2D eigenvalue weighted by molar-refractivity contribution is 7.99. The minimum absolute atomic E-state index is 0.406. The van der Waals surface area contributed by atoms with Crippen molar-refractivity contribution < 1.29 is 4.42 Å². The van der Waals surface area contributed by atoms with Gasteiger partial charge < -0.3 is 9.73 Å². The summed E-state index contributed by atoms with van der Waals surface area (Å²) in [5.41, 5.74) is 0.954. The molecule has 0 bridgehead atoms. The van der Waals surface area contributed by atoms with Crippen molar-refractivity contribution in [1.29, 1.82) is 0 Å². The normalized spacial score (nSPS) is 20.6. The van der Waals surface area contributed by atoms with Gasteiger partial charge in [-0.05, 0) is 19.1 Å². The van der Waals surface area contributed by atoms with Crippen LogP contribution in [0.5, 0.6) is 0 Å². The zero-order valence-corrected chi connectivity index (χ0v) is 11.2. The van der Waals surface area contributed by atoms with Gasteiger partial charge in [0.2, 0.25) is 0 Å². The third kappa shape index (κ3) is 2.41. The lowest BCUT2D eigenvalue weighted by atomic mass is 10.3. The number of hydrogen-bond donors (Lipinski definition) is 1. The van der Waals surface area contributed by atoms with Crippen LogP contribution in [0.15, 0.2) is 21.9 Å². The summed E-state index contributed by atoms with van der Waals surface area (Å²) in [6.45, 7) is 3.03. The van der Waals surface area contributed by atoms with E-state index in [1.165, 1.54) is 10.8 Å². The molecule has 1 aliphatic heterocycles. The molecule has 1 aliphatic rings. The van der Waals surface area contributed by atoms with Crippen LogP contribution in [0, 0.1) is 6.92 Å². The van der Waals surface area contributed by atoms with Crippen molar-refractivity contribution >= 4 is 23.1 Å². The van der Waals surface area contributed by atoms with Gasteiger partial charge in [-0.25, -0.2) is 4.98 Å². The van der Waals surface area contributed by atoms with Gasteiger partial charge in [0.05, 0.1) is 6.04 Å². The summed E-state index contributed by atoms with van der Waals surface area (Å²) in [5, 5.41) is 6.75. The van der Waals surface area contributed by atoms with E-state index < -0.39 is 0 Å². The summed E-state index contributed by atoms with van der Waals surface area (Å²) in [4.78, 5) is 4.67. The summed E-state index contributed by atoms with van der Waals surface area (Å²) in [5.74, 6) is 4.12. The SMILES string of the molecule is Cc1ccc(-c2csc(C3CSCCN3)n2)o1. The minimum Gasteiger partial charge on any atom is -0.460 e. The first-order chi connectivity index (χ1) is 8.33. The fourth-order valence-corrected chi connectivity index (χ4v) is 3.79. The van der Waals surface area contributed by atoms with Crippen LogP contribution in [0.1, 0.15) is 16.8 Å². The molecule has 1 unspecified atom stereocenters. The maximum absolute atomic E-state index is 5.59. The lowest BCUT2D eigenvalue weighted by Gasteiger charge is -2.20. The predicted molar refractivity (Wildman–Crippen MR) is 72.6 cm³/mol. The van der Waals surface area contributed by atoms with Gasteiger partial charge in [-0.3, -0.25) is 0 Å². The Labute approximate surface area is 109 Å². The maximum atomic E-state index is 5.59. The number of nitrogens with zero attached hydrogens (tertiary/aromatic N) is 1. The summed E-state index contributed by atoms with van der Waals surface area (Å²) in [6, 6.07) is 4.36. The second-order valence-electron chi connectivity index (χ2n) is 4.06. The van der Waals surface area contributed by atoms with Crippen molar-refractivity contribution in [2.24, 2.45) is 0 Å². The minimum atomic E-state index is 0.406. The number of rotatable bonds is 2. The Hall–Kier alpha value is -0.780. The van der Waals surface area contributed by atoms with E-state index in [0.717, 1.165) is 29.5 Å². The smallest absolute Gasteiger partial charge is 0.153 e. The highest BCUT2D eigenvalue weighted by Gasteiger charge is 2.19. The molecule has 1 saturated heterocycles. The molecule has 3 nitrogen and oxygen atoms in total. The molecule has 0 radical (unpaired) electrons. The molecule has 3 heterocycles. The molecule has 17 heavy (non-hydrogen) atoms. The number of thioether (sulfide) groups is 1. The summed E-state index contributed by atoms with van der Waals surface area (Å²) in [7, 11) is 0. The Balaban J connectivity index is 1.82. The maximum Gasteiger partial charge on any atom is 0.153 e. The summed E-state index contributed by atoms with van der Waals surface area (Å²) < 4.78 is 5.59. The second-order valence-corrected chi connectivity index (χ2v) is 6.10. The van der Waals surface area contributed by atoms with Gasteiger partial charge in [0.25, 0.3) is 0 Å². The fourth-order valence-electron chi connectivity index (χ4n) is 1.86. The molecule has 0 aliphatic carbocycles. The molecule has 0 spiro atoms. The first kappa shape index (κ1) is 11.3. The van der Waals surface area contributed by atoms with Gasteiger partial charge in [-0.1, -0.05) is 0 Å². The van der Waals surface area contributed by atoms with Crippen LogP contribution >= 0.6 is 23.1 Å². The summed E-state index contributed by atoms with van der Waals surface area (Å²) in [6.07, 6.45) is 0. The Kier molecular flexibility index (Phi) is 3.22. The van der Waals surface area contributed by atoms with Gasteiger partial charge in [0.15, 0.2) is 5.76 Å². The molecule has 90 valence electrons. The van der Waals surface area contributed by atoms with Crippen molar-refractivity contribution in [3.8, 4) is 11.5 Å². The zero-order chi connectivity index (χ0) is 11.7. The highest BCUT2D eigenvalue weighted by atomic mass is 32.2. The van der Waals surface area contributed by atoms with Crippen LogP contribution < -0.4 is 5.32 Å². The molecule has 1 fully saturated rings. The van der Waals surface area contributed by atoms with Crippen LogP contribution in [-0.4, -0.2) is 23.0 Å². The van der Waals surface area contributed by atoms with Crippen LogP contribution in [0.2, 0.25) is 0 Å². The fraction of sp³-hybridized carbons (Fsp3) is 0.417. The number of aromatic nitrogens is 1. The lowest BCUT2D eigenvalue weighted by Crippen LogP contribution is -2.30. The van der Waals surface area contributed by atoms with Crippen molar-refractivity contribution in [2.75, 3.05) is 18.1 Å². The van der Waals surface area contributed by atoms with Gasteiger partial charge in [-0.15, -0.1) is 11.3 Å². The molecule has 5 heteroatoms. The first-order valence-corrected chi connectivity index (χ1v) is 7.70. The van der Waals surface area contributed by atoms with Gasteiger partial charge in [-0.2, -0.15) is 11.8 Å². The zero-order valence-electron chi connectivity index (χ0n) is 9.60. The molecule has 0 saturated carbocycles. The average Bonchev–Trinajstić information content (AvgIpc) is 2.98. The van der Waals surface area contributed by atoms with Crippen molar-refractivity contribution in [2.45, 2.75) is 13.0 Å². The van der Waals surface area contributed by atoms with E-state index in [2.05, 4.69) is 15.7 Å². The largest absolute Gasteiger partial charge is 0.460 e. The number of nitrogens with one attached hydrogen (secondary N) is 1. The number of hydrogen-bond acceptors (Lipinski definition) is 5. The Bertz CT molecular complexity index is 500. The third-order valence-electron chi connectivity index (χ3n) is 2.73. The van der Waals surface area contributed by atoms with Crippen LogP contribution in [0.3, 0.4) is 0 Å². The molecule has 0 amide bonds. The van der Waals surface area contributed by atoms with E-state index >= 15 is 0 Å². The van der Waals surface area contributed by atoms with Crippen LogP contribution in [-0.2, 0) is 0 Å². The quantitative estimate of drug-likeness (QED) is 0.906. The van der Waals surface area contributed by atoms with Gasteiger partial charge >= 0.3 is 0 Å². The van der Waals surface area contributed by atoms with E-state index in [1.807, 2.05) is 30.8 Å². The van der Waals surface area contributed by atoms with E-state index in [1.54, 1.807) is 11.3 Å². The molecular weight excluding hydrogens is 252 g/mol. The van der Waals surface area contributed by atoms with Crippen molar-refractivity contribution in [3.05, 3.63) is 28.3 Å². The van der Waals surface area contributed by atoms with E-state index in [-0.39, 0.29) is 0 Å². The molecular formula is C12H14N2OS2. The van der Waals surface area contributed by atoms with E-state index in [4.69, 9.17) is 4.42 Å². The van der Waals surface area contributed by atoms with Gasteiger partial charge in [0.1, 0.15) is 16.5 Å². The molecule has 2 aromatic rings. The highest BCUT2D eigenvalue weighted by Crippen LogP contribution is 2.29. The second kappa shape index (κ2) is 4.84. The van der Waals surface area contributed by atoms with Crippen LogP contribution in [0.25, 0.3) is 11.5 Å².